The summed E-state index contributed by atoms with van der Waals surface area (Å²) in [5.41, 5.74) is -2.12. The number of hydrogen-bond donors (Lipinski definition) is 1. The summed E-state index contributed by atoms with van der Waals surface area (Å²) in [5, 5.41) is 11.5. The van der Waals surface area contributed by atoms with Gasteiger partial charge >= 0.3 is 5.97 Å². The van der Waals surface area contributed by atoms with Crippen molar-refractivity contribution in [3.63, 3.8) is 0 Å². The molecular formula is C37H68N4O7. The first-order valence-electron chi connectivity index (χ1n) is 18.3. The van der Waals surface area contributed by atoms with E-state index in [0.29, 0.717) is 32.4 Å². The number of carbonyl (C=O) groups excluding carboxylic acids is 3. The van der Waals surface area contributed by atoms with Crippen molar-refractivity contribution < 1.29 is 33.7 Å². The fourth-order valence-electron chi connectivity index (χ4n) is 8.47. The molecule has 0 radical (unpaired) electrons. The van der Waals surface area contributed by atoms with Gasteiger partial charge in [0.05, 0.1) is 23.9 Å². The number of cyclic esters (lactones) is 1. The summed E-state index contributed by atoms with van der Waals surface area (Å²) in [4.78, 5) is 49.4. The number of rotatable bonds is 10. The molecule has 0 aromatic carbocycles. The van der Waals surface area contributed by atoms with E-state index in [1.54, 1.807) is 21.0 Å². The molecule has 2 unspecified atom stereocenters. The van der Waals surface area contributed by atoms with E-state index in [1.165, 1.54) is 0 Å². The average Bonchev–Trinajstić information content (AvgIpc) is 3.00. The molecular weight excluding hydrogens is 612 g/mol. The van der Waals surface area contributed by atoms with Gasteiger partial charge in [-0.2, -0.15) is 0 Å². The fraction of sp³-hybridized carbons (Fsp3) is 0.919. The molecule has 3 fully saturated rings. The highest BCUT2D eigenvalue weighted by molar-refractivity contribution is 6.04. The summed E-state index contributed by atoms with van der Waals surface area (Å²) >= 11 is 0. The molecule has 0 aromatic heterocycles. The normalized spacial score (nSPS) is 36.3. The van der Waals surface area contributed by atoms with Gasteiger partial charge in [-0.3, -0.25) is 19.3 Å². The number of Topliss-reactive ketones (excluding diaryl/α,β-unsaturated/α-hetero) is 1. The lowest BCUT2D eigenvalue weighted by molar-refractivity contribution is -0.173. The highest BCUT2D eigenvalue weighted by atomic mass is 16.5. The molecule has 3 saturated heterocycles. The van der Waals surface area contributed by atoms with Gasteiger partial charge in [0, 0.05) is 57.1 Å². The topological polar surface area (TPSA) is 112 Å². The molecule has 0 spiro atoms. The number of likely N-dealkylation sites (tertiary alicyclic amines) is 1. The fourth-order valence-corrected chi connectivity index (χ4v) is 8.47. The van der Waals surface area contributed by atoms with Gasteiger partial charge in [0.1, 0.15) is 12.0 Å². The number of hydrogen-bond acceptors (Lipinski definition) is 10. The number of carbonyl (C=O) groups is 3. The van der Waals surface area contributed by atoms with Crippen LogP contribution in [0.2, 0.25) is 0 Å². The van der Waals surface area contributed by atoms with Gasteiger partial charge in [0.15, 0.2) is 5.78 Å². The van der Waals surface area contributed by atoms with Gasteiger partial charge in [0.2, 0.25) is 5.91 Å². The lowest BCUT2D eigenvalue weighted by atomic mass is 9.67. The second kappa shape index (κ2) is 17.1. The van der Waals surface area contributed by atoms with Crippen LogP contribution in [0.3, 0.4) is 0 Å². The van der Waals surface area contributed by atoms with Crippen LogP contribution in [0.1, 0.15) is 80.6 Å². The Bertz CT molecular complexity index is 1080. The molecule has 48 heavy (non-hydrogen) atoms. The van der Waals surface area contributed by atoms with E-state index >= 15 is 0 Å². The number of nitrogens with zero attached hydrogens (tertiary/aromatic N) is 4. The van der Waals surface area contributed by atoms with Crippen LogP contribution in [-0.2, 0) is 28.6 Å². The van der Waals surface area contributed by atoms with Crippen LogP contribution in [0.5, 0.6) is 0 Å². The Balaban J connectivity index is 1.85. The van der Waals surface area contributed by atoms with Crippen LogP contribution in [-0.4, -0.2) is 153 Å². The van der Waals surface area contributed by atoms with Crippen molar-refractivity contribution in [1.82, 2.24) is 19.6 Å². The smallest absolute Gasteiger partial charge is 0.319 e. The Morgan fingerprint density at radius 3 is 2.31 bits per heavy atom. The maximum Gasteiger partial charge on any atom is 0.319 e. The third kappa shape index (κ3) is 9.57. The number of aliphatic hydroxyl groups excluding tert-OH is 1. The van der Waals surface area contributed by atoms with Crippen molar-refractivity contribution in [2.24, 2.45) is 29.1 Å². The number of esters is 1. The molecule has 11 heteroatoms. The highest BCUT2D eigenvalue weighted by Crippen LogP contribution is 2.43. The predicted octanol–water partition coefficient (Wildman–Crippen LogP) is 3.17. The van der Waals surface area contributed by atoms with E-state index in [-0.39, 0.29) is 54.2 Å². The average molecular weight is 681 g/mol. The Kier molecular flexibility index (Phi) is 14.5. The van der Waals surface area contributed by atoms with Gasteiger partial charge in [-0.1, -0.05) is 20.8 Å². The Labute approximate surface area is 291 Å². The van der Waals surface area contributed by atoms with Gasteiger partial charge in [-0.25, -0.2) is 0 Å². The zero-order chi connectivity index (χ0) is 36.1. The predicted molar refractivity (Wildman–Crippen MR) is 188 cm³/mol. The third-order valence-electron chi connectivity index (χ3n) is 11.9. The summed E-state index contributed by atoms with van der Waals surface area (Å²) in [7, 11) is 9.77. The van der Waals surface area contributed by atoms with Crippen molar-refractivity contribution in [2.75, 3.05) is 74.6 Å². The van der Waals surface area contributed by atoms with E-state index in [2.05, 4.69) is 44.7 Å². The number of ketones is 1. The van der Waals surface area contributed by atoms with Gasteiger partial charge in [0.25, 0.3) is 0 Å². The van der Waals surface area contributed by atoms with Crippen LogP contribution < -0.4 is 0 Å². The standard InChI is InChI=1S/C37H68N4O7/c1-13-39(10)16-14-15-32(42)41-21-27(22-41)30-23-47-35(45)36(5,6)34(44)26(4)28(37(7,46-12)19-24(2)20-40(30)11)18-31-33(43)29(38(8)9)17-25(3)48-31/h24-31,33,43H,13-23H2,1-12H3/t24-,25-,26-,28-,29+,30?,31?,33-,37-/m1/s1. The monoisotopic (exact) mass is 681 g/mol. The van der Waals surface area contributed by atoms with Crippen LogP contribution >= 0.6 is 0 Å². The number of likely N-dealkylation sites (N-methyl/N-ethyl adjacent to an activating group) is 2. The van der Waals surface area contributed by atoms with Crippen LogP contribution in [0, 0.1) is 29.1 Å². The van der Waals surface area contributed by atoms with Gasteiger partial charge in [-0.05, 0) is 106 Å². The minimum absolute atomic E-state index is 0.0446. The first kappa shape index (κ1) is 40.8. The molecule has 0 aromatic rings. The maximum atomic E-state index is 14.3. The molecule has 1 N–H and O–H groups in total. The molecule has 11 nitrogen and oxygen atoms in total. The van der Waals surface area contributed by atoms with E-state index in [9.17, 15) is 19.5 Å². The second-order valence-electron chi connectivity index (χ2n) is 16.4. The van der Waals surface area contributed by atoms with Crippen molar-refractivity contribution in [2.45, 2.75) is 117 Å². The molecule has 3 rings (SSSR count). The second-order valence-corrected chi connectivity index (χ2v) is 16.4. The zero-order valence-electron chi connectivity index (χ0n) is 32.2. The molecule has 278 valence electrons. The van der Waals surface area contributed by atoms with Crippen molar-refractivity contribution >= 4 is 17.7 Å². The minimum atomic E-state index is -1.38. The molecule has 3 heterocycles. The van der Waals surface area contributed by atoms with Crippen LogP contribution in [0.25, 0.3) is 0 Å². The van der Waals surface area contributed by atoms with E-state index < -0.39 is 35.1 Å². The minimum Gasteiger partial charge on any atom is -0.463 e. The van der Waals surface area contributed by atoms with Gasteiger partial charge < -0.3 is 34.0 Å². The number of methoxy groups -OCH3 is 1. The molecule has 3 aliphatic heterocycles. The SMILES string of the molecule is CCN(C)CCCC(=O)N1CC(C2COC(=O)C(C)(C)C(=O)[C@H](C)[C@@H](CC3O[C@H](C)C[C@H](N(C)C)[C@H]3O)[C@](C)(OC)C[C@@H](C)CN2C)C1. The lowest BCUT2D eigenvalue weighted by Gasteiger charge is -2.48. The van der Waals surface area contributed by atoms with E-state index in [1.807, 2.05) is 37.7 Å². The molecule has 1 amide bonds. The van der Waals surface area contributed by atoms with Crippen molar-refractivity contribution in [3.8, 4) is 0 Å². The summed E-state index contributed by atoms with van der Waals surface area (Å²) in [6, 6.07) is -0.152. The summed E-state index contributed by atoms with van der Waals surface area (Å²) < 4.78 is 18.7. The van der Waals surface area contributed by atoms with E-state index in [4.69, 9.17) is 14.2 Å². The Hall–Kier alpha value is -1.63. The molecule has 0 aliphatic carbocycles. The third-order valence-corrected chi connectivity index (χ3v) is 11.9. The summed E-state index contributed by atoms with van der Waals surface area (Å²) in [6.07, 6.45) is 1.94. The first-order valence-corrected chi connectivity index (χ1v) is 18.3. The highest BCUT2D eigenvalue weighted by Gasteiger charge is 2.51. The first-order chi connectivity index (χ1) is 22.4. The number of amides is 1. The van der Waals surface area contributed by atoms with Crippen LogP contribution in [0.15, 0.2) is 0 Å². The summed E-state index contributed by atoms with van der Waals surface area (Å²) in [5.74, 6) is -1.11. The maximum absolute atomic E-state index is 14.3. The molecule has 3 aliphatic rings. The summed E-state index contributed by atoms with van der Waals surface area (Å²) in [6.45, 7) is 17.6. The lowest BCUT2D eigenvalue weighted by Crippen LogP contribution is -2.59. The molecule has 9 atom stereocenters. The zero-order valence-corrected chi connectivity index (χ0v) is 32.2. The van der Waals surface area contributed by atoms with Gasteiger partial charge in [-0.15, -0.1) is 0 Å². The molecule has 0 saturated carbocycles. The van der Waals surface area contributed by atoms with E-state index in [0.717, 1.165) is 32.5 Å². The molecule has 0 bridgehead atoms. The Morgan fingerprint density at radius 2 is 1.73 bits per heavy atom. The quantitative estimate of drug-likeness (QED) is 0.273. The number of ether oxygens (including phenoxy) is 3. The number of aliphatic hydroxyl groups is 1. The van der Waals surface area contributed by atoms with Crippen LogP contribution in [0.4, 0.5) is 0 Å². The largest absolute Gasteiger partial charge is 0.463 e. The van der Waals surface area contributed by atoms with Crippen molar-refractivity contribution in [1.29, 1.82) is 0 Å². The van der Waals surface area contributed by atoms with Crippen molar-refractivity contribution in [3.05, 3.63) is 0 Å². The Morgan fingerprint density at radius 1 is 1.08 bits per heavy atom.